The quantitative estimate of drug-likeness (QED) is 0.736. The van der Waals surface area contributed by atoms with Crippen molar-refractivity contribution in [3.05, 3.63) is 0 Å². The van der Waals surface area contributed by atoms with E-state index in [1.807, 2.05) is 13.8 Å². The van der Waals surface area contributed by atoms with Crippen LogP contribution in [0.25, 0.3) is 0 Å². The van der Waals surface area contributed by atoms with Crippen LogP contribution in [0.2, 0.25) is 0 Å². The highest BCUT2D eigenvalue weighted by molar-refractivity contribution is 5.85. The Morgan fingerprint density at radius 1 is 1.62 bits per heavy atom. The molecule has 0 spiro atoms. The maximum absolute atomic E-state index is 11.8. The van der Waals surface area contributed by atoms with E-state index in [0.29, 0.717) is 19.8 Å². The van der Waals surface area contributed by atoms with Gasteiger partial charge < -0.3 is 20.1 Å². The lowest BCUT2D eigenvalue weighted by Crippen LogP contribution is -2.55. The largest absolute Gasteiger partial charge is 0.382 e. The Bertz CT molecular complexity index is 218. The first-order valence-electron chi connectivity index (χ1n) is 5.18. The zero-order valence-corrected chi connectivity index (χ0v) is 10.9. The number of hydrogen-bond acceptors (Lipinski definition) is 4. The van der Waals surface area contributed by atoms with E-state index < -0.39 is 0 Å². The number of halogens is 1. The molecule has 1 amide bonds. The van der Waals surface area contributed by atoms with Crippen molar-refractivity contribution in [2.45, 2.75) is 25.5 Å². The highest BCUT2D eigenvalue weighted by Gasteiger charge is 2.27. The second kappa shape index (κ2) is 7.06. The van der Waals surface area contributed by atoms with Gasteiger partial charge in [0.2, 0.25) is 0 Å². The fraction of sp³-hybridized carbons (Fsp3) is 0.900. The molecule has 0 saturated carbocycles. The van der Waals surface area contributed by atoms with Gasteiger partial charge in [0.1, 0.15) is 6.10 Å². The summed E-state index contributed by atoms with van der Waals surface area (Å²) in [5.41, 5.74) is -0.355. The first kappa shape index (κ1) is 15.6. The van der Waals surface area contributed by atoms with Gasteiger partial charge in [-0.05, 0) is 13.8 Å². The van der Waals surface area contributed by atoms with Crippen molar-refractivity contribution in [3.63, 3.8) is 0 Å². The number of carbonyl (C=O) groups is 1. The van der Waals surface area contributed by atoms with Crippen molar-refractivity contribution in [3.8, 4) is 0 Å². The molecule has 1 rings (SSSR count). The Kier molecular flexibility index (Phi) is 6.90. The number of ether oxygens (including phenoxy) is 2. The number of hydrogen-bond donors (Lipinski definition) is 2. The molecule has 1 saturated heterocycles. The van der Waals surface area contributed by atoms with E-state index in [1.165, 1.54) is 0 Å². The molecule has 5 nitrogen and oxygen atoms in total. The molecule has 0 bridgehead atoms. The molecule has 6 heteroatoms. The Balaban J connectivity index is 0.00000225. The van der Waals surface area contributed by atoms with E-state index in [4.69, 9.17) is 9.47 Å². The first-order valence-corrected chi connectivity index (χ1v) is 5.18. The van der Waals surface area contributed by atoms with Crippen LogP contribution in [-0.4, -0.2) is 51.0 Å². The number of carbonyl (C=O) groups excluding carboxylic acids is 1. The van der Waals surface area contributed by atoms with Crippen molar-refractivity contribution < 1.29 is 14.3 Å². The minimum atomic E-state index is -0.380. The van der Waals surface area contributed by atoms with Gasteiger partial charge in [0.25, 0.3) is 5.91 Å². The summed E-state index contributed by atoms with van der Waals surface area (Å²) in [4.78, 5) is 11.8. The summed E-state index contributed by atoms with van der Waals surface area (Å²) in [5.74, 6) is -0.0794. The maximum atomic E-state index is 11.8. The molecule has 0 aromatic carbocycles. The Hall–Kier alpha value is -0.360. The van der Waals surface area contributed by atoms with Crippen LogP contribution in [-0.2, 0) is 14.3 Å². The van der Waals surface area contributed by atoms with Crippen molar-refractivity contribution >= 4 is 18.3 Å². The summed E-state index contributed by atoms with van der Waals surface area (Å²) in [7, 11) is 1.62. The van der Waals surface area contributed by atoms with Crippen LogP contribution < -0.4 is 10.6 Å². The van der Waals surface area contributed by atoms with Crippen molar-refractivity contribution in [2.24, 2.45) is 0 Å². The molecule has 1 aliphatic heterocycles. The van der Waals surface area contributed by atoms with Gasteiger partial charge in [0.15, 0.2) is 0 Å². The average molecular weight is 253 g/mol. The zero-order valence-electron chi connectivity index (χ0n) is 10.0. The van der Waals surface area contributed by atoms with E-state index in [9.17, 15) is 4.79 Å². The van der Waals surface area contributed by atoms with E-state index >= 15 is 0 Å². The predicted molar refractivity (Wildman–Crippen MR) is 64.0 cm³/mol. The zero-order chi connectivity index (χ0) is 11.3. The van der Waals surface area contributed by atoms with E-state index in [1.54, 1.807) is 7.11 Å². The summed E-state index contributed by atoms with van der Waals surface area (Å²) < 4.78 is 10.4. The maximum Gasteiger partial charge on any atom is 0.250 e. The molecule has 16 heavy (non-hydrogen) atoms. The summed E-state index contributed by atoms with van der Waals surface area (Å²) in [6.07, 6.45) is -0.380. The lowest BCUT2D eigenvalue weighted by Gasteiger charge is -2.29. The molecule has 1 fully saturated rings. The molecule has 0 aromatic heterocycles. The fourth-order valence-electron chi connectivity index (χ4n) is 1.54. The van der Waals surface area contributed by atoms with E-state index in [2.05, 4.69) is 10.6 Å². The molecule has 1 aliphatic rings. The fourth-order valence-corrected chi connectivity index (χ4v) is 1.54. The van der Waals surface area contributed by atoms with Crippen LogP contribution in [0.3, 0.4) is 0 Å². The summed E-state index contributed by atoms with van der Waals surface area (Å²) >= 11 is 0. The molecule has 2 N–H and O–H groups in total. The normalized spacial score (nSPS) is 21.1. The molecule has 0 aromatic rings. The number of nitrogens with one attached hydrogen (secondary N) is 2. The minimum absolute atomic E-state index is 0. The van der Waals surface area contributed by atoms with E-state index in [-0.39, 0.29) is 30.0 Å². The molecular formula is C10H21ClN2O3. The number of amides is 1. The lowest BCUT2D eigenvalue weighted by atomic mass is 10.1. The van der Waals surface area contributed by atoms with Gasteiger partial charge in [0, 0.05) is 20.2 Å². The Morgan fingerprint density at radius 2 is 2.31 bits per heavy atom. The smallest absolute Gasteiger partial charge is 0.250 e. The van der Waals surface area contributed by atoms with Crippen molar-refractivity contribution in [1.29, 1.82) is 0 Å². The van der Waals surface area contributed by atoms with Gasteiger partial charge in [0.05, 0.1) is 18.8 Å². The summed E-state index contributed by atoms with van der Waals surface area (Å²) in [5, 5.41) is 6.01. The number of methoxy groups -OCH3 is 1. The SMILES string of the molecule is COCC(C)(C)NC(=O)C1CNCCO1.Cl. The van der Waals surface area contributed by atoms with Gasteiger partial charge >= 0.3 is 0 Å². The number of rotatable bonds is 4. The van der Waals surface area contributed by atoms with Gasteiger partial charge in [-0.1, -0.05) is 0 Å². The lowest BCUT2D eigenvalue weighted by molar-refractivity contribution is -0.136. The molecule has 0 aliphatic carbocycles. The number of morpholine rings is 1. The molecule has 0 radical (unpaired) electrons. The molecule has 1 atom stereocenters. The Labute approximate surface area is 103 Å². The molecule has 96 valence electrons. The van der Waals surface area contributed by atoms with Crippen LogP contribution in [0.5, 0.6) is 0 Å². The molecule has 1 heterocycles. The third-order valence-corrected chi connectivity index (χ3v) is 2.19. The summed E-state index contributed by atoms with van der Waals surface area (Å²) in [6.45, 7) is 6.30. The van der Waals surface area contributed by atoms with Crippen LogP contribution in [0.4, 0.5) is 0 Å². The van der Waals surface area contributed by atoms with Gasteiger partial charge in [-0.15, -0.1) is 12.4 Å². The highest BCUT2D eigenvalue weighted by atomic mass is 35.5. The third kappa shape index (κ3) is 5.12. The molecular weight excluding hydrogens is 232 g/mol. The van der Waals surface area contributed by atoms with Crippen molar-refractivity contribution in [2.75, 3.05) is 33.4 Å². The predicted octanol–water partition coefficient (Wildman–Crippen LogP) is -0.0622. The van der Waals surface area contributed by atoms with Gasteiger partial charge in [-0.3, -0.25) is 4.79 Å². The minimum Gasteiger partial charge on any atom is -0.382 e. The highest BCUT2D eigenvalue weighted by Crippen LogP contribution is 2.04. The van der Waals surface area contributed by atoms with Crippen LogP contribution in [0.15, 0.2) is 0 Å². The topological polar surface area (TPSA) is 59.6 Å². The van der Waals surface area contributed by atoms with E-state index in [0.717, 1.165) is 6.54 Å². The molecule has 1 unspecified atom stereocenters. The van der Waals surface area contributed by atoms with Gasteiger partial charge in [-0.25, -0.2) is 0 Å². The van der Waals surface area contributed by atoms with Crippen LogP contribution in [0, 0.1) is 0 Å². The average Bonchev–Trinajstić information content (AvgIpc) is 2.18. The van der Waals surface area contributed by atoms with Crippen LogP contribution in [0.1, 0.15) is 13.8 Å². The summed E-state index contributed by atoms with van der Waals surface area (Å²) in [6, 6.07) is 0. The Morgan fingerprint density at radius 3 is 2.81 bits per heavy atom. The third-order valence-electron chi connectivity index (χ3n) is 2.19. The van der Waals surface area contributed by atoms with Crippen molar-refractivity contribution in [1.82, 2.24) is 10.6 Å². The first-order chi connectivity index (χ1) is 7.05. The van der Waals surface area contributed by atoms with Crippen LogP contribution >= 0.6 is 12.4 Å². The van der Waals surface area contributed by atoms with Gasteiger partial charge in [-0.2, -0.15) is 0 Å². The second-order valence-electron chi connectivity index (χ2n) is 4.37. The monoisotopic (exact) mass is 252 g/mol. The second-order valence-corrected chi connectivity index (χ2v) is 4.37. The standard InChI is InChI=1S/C10H20N2O3.ClH/c1-10(2,7-14-3)12-9(13)8-6-11-4-5-15-8;/h8,11H,4-7H2,1-3H3,(H,12,13);1H.